The second-order valence-electron chi connectivity index (χ2n) is 15.1. The second kappa shape index (κ2) is 39.9. The quantitative estimate of drug-likeness (QED) is 0.0236. The molecule has 0 radical (unpaired) electrons. The molecular weight excluding hydrogens is 707 g/mol. The Kier molecular flexibility index (Phi) is 39.0. The lowest BCUT2D eigenvalue weighted by Gasteiger charge is -2.20. The van der Waals surface area contributed by atoms with Crippen molar-refractivity contribution in [3.8, 4) is 0 Å². The minimum atomic E-state index is -4.61. The molecule has 0 saturated carbocycles. The summed E-state index contributed by atoms with van der Waals surface area (Å²) in [6.45, 7) is 2.39. The summed E-state index contributed by atoms with van der Waals surface area (Å²) < 4.78 is 32.7. The third kappa shape index (κ3) is 39.0. The first kappa shape index (κ1) is 52.7. The number of unbranched alkanes of at least 4 members (excludes halogenated alkanes) is 26. The number of rotatable bonds is 42. The van der Waals surface area contributed by atoms with E-state index in [0.717, 1.165) is 51.4 Å². The number of phosphoric acid groups is 1. The van der Waals surface area contributed by atoms with Gasteiger partial charge in [-0.25, -0.2) is 4.57 Å². The first-order chi connectivity index (χ1) is 26.2. The van der Waals surface area contributed by atoms with Crippen LogP contribution >= 0.6 is 7.82 Å². The highest BCUT2D eigenvalue weighted by Gasteiger charge is 2.27. The van der Waals surface area contributed by atoms with Gasteiger partial charge >= 0.3 is 19.8 Å². The fraction of sp³-hybridized carbons (Fsp3) is 0.907. The van der Waals surface area contributed by atoms with Crippen LogP contribution in [0.2, 0.25) is 0 Å². The van der Waals surface area contributed by atoms with Gasteiger partial charge in [-0.2, -0.15) is 0 Å². The number of allylic oxidation sites excluding steroid dienone is 2. The smallest absolute Gasteiger partial charge is 0.462 e. The topological polar surface area (TPSA) is 149 Å². The number of aliphatic hydroxyl groups is 2. The van der Waals surface area contributed by atoms with Gasteiger partial charge in [-0.05, 0) is 38.5 Å². The third-order valence-corrected chi connectivity index (χ3v) is 10.6. The van der Waals surface area contributed by atoms with Crippen molar-refractivity contribution in [2.75, 3.05) is 26.4 Å². The Morgan fingerprint density at radius 2 is 0.907 bits per heavy atom. The van der Waals surface area contributed by atoms with E-state index < -0.39 is 51.8 Å². The van der Waals surface area contributed by atoms with Crippen LogP contribution in [0, 0.1) is 0 Å². The molecule has 0 bridgehead atoms. The van der Waals surface area contributed by atoms with Gasteiger partial charge in [0.15, 0.2) is 6.10 Å². The first-order valence-electron chi connectivity index (χ1n) is 22.1. The molecule has 54 heavy (non-hydrogen) atoms. The maximum absolute atomic E-state index is 12.6. The van der Waals surface area contributed by atoms with E-state index in [1.54, 1.807) is 0 Å². The van der Waals surface area contributed by atoms with Gasteiger partial charge < -0.3 is 24.6 Å². The molecule has 0 aromatic heterocycles. The van der Waals surface area contributed by atoms with Gasteiger partial charge in [-0.3, -0.25) is 18.6 Å². The van der Waals surface area contributed by atoms with Crippen LogP contribution in [-0.2, 0) is 32.7 Å². The van der Waals surface area contributed by atoms with Gasteiger partial charge in [0.2, 0.25) is 0 Å². The molecular formula is C43H83O10P. The SMILES string of the molecule is CCCCCCC/C=C\CCCCCCCC(=O)OC[C@H](COP(=O)(O)OC[C@@H](O)CO)OC(=O)CCCCCCCCCCCCCCCCCCC. The fourth-order valence-electron chi connectivity index (χ4n) is 6.22. The zero-order chi connectivity index (χ0) is 39.8. The molecule has 0 aliphatic heterocycles. The van der Waals surface area contributed by atoms with E-state index in [4.69, 9.17) is 23.6 Å². The minimum Gasteiger partial charge on any atom is -0.462 e. The van der Waals surface area contributed by atoms with E-state index >= 15 is 0 Å². The van der Waals surface area contributed by atoms with E-state index in [-0.39, 0.29) is 19.4 Å². The molecule has 0 aromatic rings. The average Bonchev–Trinajstić information content (AvgIpc) is 3.16. The summed E-state index contributed by atoms with van der Waals surface area (Å²) in [5, 5.41) is 18.3. The van der Waals surface area contributed by atoms with E-state index in [9.17, 15) is 24.2 Å². The fourth-order valence-corrected chi connectivity index (χ4v) is 7.01. The molecule has 3 N–H and O–H groups in total. The molecule has 11 heteroatoms. The zero-order valence-corrected chi connectivity index (χ0v) is 35.6. The number of hydrogen-bond acceptors (Lipinski definition) is 9. The first-order valence-corrected chi connectivity index (χ1v) is 23.6. The predicted molar refractivity (Wildman–Crippen MR) is 219 cm³/mol. The van der Waals surface area contributed by atoms with Crippen LogP contribution in [0.15, 0.2) is 12.2 Å². The Morgan fingerprint density at radius 3 is 1.33 bits per heavy atom. The van der Waals surface area contributed by atoms with Crippen LogP contribution < -0.4 is 0 Å². The van der Waals surface area contributed by atoms with Crippen LogP contribution in [0.5, 0.6) is 0 Å². The highest BCUT2D eigenvalue weighted by molar-refractivity contribution is 7.47. The molecule has 0 spiro atoms. The molecule has 0 saturated heterocycles. The standard InChI is InChI=1S/C43H83O10P/c1-3-5-7-9-11-13-15-17-19-20-21-23-25-27-29-31-33-35-43(47)53-41(39-52-54(48,49)51-37-40(45)36-44)38-50-42(46)34-32-30-28-26-24-22-18-16-14-12-10-8-6-4-2/h16,18,40-41,44-45H,3-15,17,19-39H2,1-2H3,(H,48,49)/b18-16-/t40-,41+/m0/s1. The van der Waals surface area contributed by atoms with Crippen LogP contribution in [0.3, 0.4) is 0 Å². The highest BCUT2D eigenvalue weighted by Crippen LogP contribution is 2.43. The molecule has 0 fully saturated rings. The monoisotopic (exact) mass is 791 g/mol. The van der Waals surface area contributed by atoms with E-state index in [0.29, 0.717) is 12.8 Å². The van der Waals surface area contributed by atoms with Crippen molar-refractivity contribution >= 4 is 19.8 Å². The summed E-state index contributed by atoms with van der Waals surface area (Å²) in [4.78, 5) is 35.0. The number of carbonyl (C=O) groups excluding carboxylic acids is 2. The van der Waals surface area contributed by atoms with Crippen LogP contribution in [0.4, 0.5) is 0 Å². The van der Waals surface area contributed by atoms with Crippen LogP contribution in [0.1, 0.15) is 213 Å². The lowest BCUT2D eigenvalue weighted by atomic mass is 10.0. The normalized spacial score (nSPS) is 13.9. The number of esters is 2. The van der Waals surface area contributed by atoms with Crippen molar-refractivity contribution < 1.29 is 47.8 Å². The van der Waals surface area contributed by atoms with Crippen LogP contribution in [0.25, 0.3) is 0 Å². The second-order valence-corrected chi connectivity index (χ2v) is 16.5. The summed E-state index contributed by atoms with van der Waals surface area (Å²) in [6.07, 6.45) is 37.4. The molecule has 1 unspecified atom stereocenters. The summed E-state index contributed by atoms with van der Waals surface area (Å²) in [7, 11) is -4.61. The molecule has 0 amide bonds. The van der Waals surface area contributed by atoms with Gasteiger partial charge in [0.05, 0.1) is 19.8 Å². The largest absolute Gasteiger partial charge is 0.472 e. The number of carbonyl (C=O) groups is 2. The summed E-state index contributed by atoms with van der Waals surface area (Å²) in [6, 6.07) is 0. The number of aliphatic hydroxyl groups excluding tert-OH is 2. The Balaban J connectivity index is 4.26. The molecule has 0 aliphatic carbocycles. The average molecular weight is 791 g/mol. The van der Waals surface area contributed by atoms with Gasteiger partial charge in [0.25, 0.3) is 0 Å². The Bertz CT molecular complexity index is 915. The van der Waals surface area contributed by atoms with E-state index in [1.165, 1.54) is 122 Å². The Morgan fingerprint density at radius 1 is 0.537 bits per heavy atom. The van der Waals surface area contributed by atoms with Gasteiger partial charge in [-0.1, -0.05) is 174 Å². The van der Waals surface area contributed by atoms with Crippen molar-refractivity contribution in [3.05, 3.63) is 12.2 Å². The molecule has 0 heterocycles. The molecule has 10 nitrogen and oxygen atoms in total. The Labute approximate surface area is 330 Å². The minimum absolute atomic E-state index is 0.188. The predicted octanol–water partition coefficient (Wildman–Crippen LogP) is 11.6. The van der Waals surface area contributed by atoms with Crippen molar-refractivity contribution in [1.82, 2.24) is 0 Å². The molecule has 0 aromatic carbocycles. The lowest BCUT2D eigenvalue weighted by Crippen LogP contribution is -2.29. The molecule has 0 rings (SSSR count). The maximum Gasteiger partial charge on any atom is 0.472 e. The molecule has 3 atom stereocenters. The van der Waals surface area contributed by atoms with Crippen molar-refractivity contribution in [2.24, 2.45) is 0 Å². The summed E-state index contributed by atoms with van der Waals surface area (Å²) in [5.41, 5.74) is 0. The van der Waals surface area contributed by atoms with Gasteiger partial charge in [0, 0.05) is 12.8 Å². The van der Waals surface area contributed by atoms with Crippen LogP contribution in [-0.4, -0.2) is 65.7 Å². The van der Waals surface area contributed by atoms with Crippen molar-refractivity contribution in [2.45, 2.75) is 225 Å². The zero-order valence-electron chi connectivity index (χ0n) is 34.7. The molecule has 0 aliphatic rings. The Hall–Kier alpha value is -1.29. The lowest BCUT2D eigenvalue weighted by molar-refractivity contribution is -0.161. The van der Waals surface area contributed by atoms with Crippen molar-refractivity contribution in [1.29, 1.82) is 0 Å². The van der Waals surface area contributed by atoms with E-state index in [1.807, 2.05) is 0 Å². The number of ether oxygens (including phenoxy) is 2. The van der Waals surface area contributed by atoms with Crippen molar-refractivity contribution in [3.63, 3.8) is 0 Å². The number of phosphoric ester groups is 1. The van der Waals surface area contributed by atoms with Gasteiger partial charge in [0.1, 0.15) is 12.7 Å². The highest BCUT2D eigenvalue weighted by atomic mass is 31.2. The summed E-state index contributed by atoms with van der Waals surface area (Å²) >= 11 is 0. The van der Waals surface area contributed by atoms with Gasteiger partial charge in [-0.15, -0.1) is 0 Å². The third-order valence-electron chi connectivity index (χ3n) is 9.67. The summed E-state index contributed by atoms with van der Waals surface area (Å²) in [5.74, 6) is -0.924. The molecule has 320 valence electrons. The maximum atomic E-state index is 12.6. The number of hydrogen-bond donors (Lipinski definition) is 3. The van der Waals surface area contributed by atoms with E-state index in [2.05, 4.69) is 26.0 Å².